The summed E-state index contributed by atoms with van der Waals surface area (Å²) in [6.45, 7) is 4.07. The molecule has 7 heteroatoms. The number of hydrogen-bond acceptors (Lipinski definition) is 3. The normalized spacial score (nSPS) is 16.6. The van der Waals surface area contributed by atoms with Crippen LogP contribution in [0, 0.1) is 19.7 Å². The van der Waals surface area contributed by atoms with Crippen LogP contribution in [0.3, 0.4) is 0 Å². The molecule has 1 N–H and O–H groups in total. The molecule has 1 aliphatic heterocycles. The van der Waals surface area contributed by atoms with Gasteiger partial charge in [0.25, 0.3) is 5.91 Å². The van der Waals surface area contributed by atoms with Gasteiger partial charge in [-0.15, -0.1) is 0 Å². The van der Waals surface area contributed by atoms with Crippen LogP contribution in [0.1, 0.15) is 17.0 Å². The van der Waals surface area contributed by atoms with E-state index in [2.05, 4.69) is 42.9 Å². The molecule has 1 saturated heterocycles. The van der Waals surface area contributed by atoms with Crippen LogP contribution in [0.5, 0.6) is 0 Å². The number of carbonyl (C=O) groups is 1. The smallest absolute Gasteiger partial charge is 0.264 e. The molecule has 4 nitrogen and oxygen atoms in total. The molecular weight excluding hydrogens is 453 g/mol. The fraction of sp³-hybridized carbons (Fsp3) is 0.0909. The molecule has 0 aliphatic carbocycles. The molecule has 0 unspecified atom stereocenters. The Kier molecular flexibility index (Phi) is 5.43. The molecule has 3 aromatic rings. The second-order valence-electron chi connectivity index (χ2n) is 6.60. The van der Waals surface area contributed by atoms with Crippen LogP contribution in [0.25, 0.3) is 11.8 Å². The van der Waals surface area contributed by atoms with Gasteiger partial charge < -0.3 is 9.88 Å². The summed E-state index contributed by atoms with van der Waals surface area (Å²) < 4.78 is 16.2. The number of halogens is 2. The number of nitrogens with zero attached hydrogens (tertiary/aromatic N) is 2. The lowest BCUT2D eigenvalue weighted by Crippen LogP contribution is -2.19. The number of carbonyl (C=O) groups excluding carboxylic acids is 1. The van der Waals surface area contributed by atoms with E-state index >= 15 is 0 Å². The second kappa shape index (κ2) is 8.00. The number of aromatic nitrogens is 1. The molecule has 0 atom stereocenters. The van der Waals surface area contributed by atoms with E-state index in [1.165, 1.54) is 23.9 Å². The highest BCUT2D eigenvalue weighted by atomic mass is 79.9. The first-order valence-corrected chi connectivity index (χ1v) is 10.5. The van der Waals surface area contributed by atoms with Gasteiger partial charge in [-0.25, -0.2) is 9.38 Å². The quantitative estimate of drug-likeness (QED) is 0.486. The Morgan fingerprint density at radius 3 is 2.62 bits per heavy atom. The van der Waals surface area contributed by atoms with Gasteiger partial charge in [-0.05, 0) is 85.8 Å². The summed E-state index contributed by atoms with van der Waals surface area (Å²) in [5, 5.41) is 3.25. The maximum Gasteiger partial charge on any atom is 0.264 e. The van der Waals surface area contributed by atoms with Crippen molar-refractivity contribution in [2.45, 2.75) is 13.8 Å². The molecule has 1 aliphatic rings. The van der Waals surface area contributed by atoms with Crippen molar-refractivity contribution in [3.63, 3.8) is 0 Å². The number of amidine groups is 1. The minimum absolute atomic E-state index is 0.192. The largest absolute Gasteiger partial charge is 0.318 e. The minimum Gasteiger partial charge on any atom is -0.318 e. The Morgan fingerprint density at radius 2 is 1.90 bits per heavy atom. The molecule has 29 heavy (non-hydrogen) atoms. The Hall–Kier alpha value is -2.64. The van der Waals surface area contributed by atoms with Crippen LogP contribution < -0.4 is 5.32 Å². The van der Waals surface area contributed by atoms with E-state index in [0.29, 0.717) is 15.8 Å². The molecule has 1 aromatic heterocycles. The molecular formula is C22H17BrFN3OS. The molecule has 0 radical (unpaired) electrons. The Bertz CT molecular complexity index is 1170. The average molecular weight is 470 g/mol. The number of rotatable bonds is 3. The Labute approximate surface area is 180 Å². The first-order valence-electron chi connectivity index (χ1n) is 8.91. The topological polar surface area (TPSA) is 46.4 Å². The number of hydrogen-bond donors (Lipinski definition) is 1. The zero-order valence-corrected chi connectivity index (χ0v) is 18.1. The van der Waals surface area contributed by atoms with E-state index < -0.39 is 0 Å². The number of nitrogens with one attached hydrogen (secondary N) is 1. The zero-order chi connectivity index (χ0) is 20.5. The Morgan fingerprint density at radius 1 is 1.14 bits per heavy atom. The standard InChI is InChI=1S/C22H17BrFN3OS/c1-13-10-15(14(2)27(13)19-5-3-4-16(23)12-19)11-20-21(28)26-22(29-20)25-18-8-6-17(24)7-9-18/h3-12H,1-2H3,(H,25,26,28)/b20-11+. The van der Waals surface area contributed by atoms with E-state index in [0.717, 1.165) is 27.1 Å². The van der Waals surface area contributed by atoms with Gasteiger partial charge in [0.05, 0.1) is 10.6 Å². The van der Waals surface area contributed by atoms with Crippen molar-refractivity contribution < 1.29 is 9.18 Å². The van der Waals surface area contributed by atoms with Crippen molar-refractivity contribution in [2.75, 3.05) is 0 Å². The molecule has 1 amide bonds. The van der Waals surface area contributed by atoms with Crippen molar-refractivity contribution in [1.82, 2.24) is 9.88 Å². The molecule has 0 bridgehead atoms. The maximum atomic E-state index is 13.0. The van der Waals surface area contributed by atoms with Gasteiger partial charge in [-0.1, -0.05) is 22.0 Å². The van der Waals surface area contributed by atoms with E-state index in [1.807, 2.05) is 38.1 Å². The summed E-state index contributed by atoms with van der Waals surface area (Å²) in [5.74, 6) is -0.512. The van der Waals surface area contributed by atoms with Crippen molar-refractivity contribution in [3.05, 3.63) is 86.7 Å². The van der Waals surface area contributed by atoms with E-state index in [4.69, 9.17) is 0 Å². The first kappa shape index (κ1) is 19.7. The number of thioether (sulfide) groups is 1. The van der Waals surface area contributed by atoms with E-state index in [1.54, 1.807) is 12.1 Å². The molecule has 2 heterocycles. The van der Waals surface area contributed by atoms with Crippen LogP contribution in [0.2, 0.25) is 0 Å². The summed E-state index contributed by atoms with van der Waals surface area (Å²) in [6, 6.07) is 16.0. The van der Waals surface area contributed by atoms with Crippen molar-refractivity contribution in [1.29, 1.82) is 0 Å². The van der Waals surface area contributed by atoms with Gasteiger partial charge in [-0.2, -0.15) is 0 Å². The van der Waals surface area contributed by atoms with Gasteiger partial charge in [-0.3, -0.25) is 4.79 Å². The zero-order valence-electron chi connectivity index (χ0n) is 15.7. The van der Waals surface area contributed by atoms with Crippen molar-refractivity contribution in [2.24, 2.45) is 4.99 Å². The average Bonchev–Trinajstić information content (AvgIpc) is 3.16. The fourth-order valence-corrected chi connectivity index (χ4v) is 4.42. The third-order valence-electron chi connectivity index (χ3n) is 4.53. The summed E-state index contributed by atoms with van der Waals surface area (Å²) in [7, 11) is 0. The van der Waals surface area contributed by atoms with Gasteiger partial charge in [0.1, 0.15) is 5.82 Å². The van der Waals surface area contributed by atoms with Gasteiger partial charge >= 0.3 is 0 Å². The number of benzene rings is 2. The molecule has 1 fully saturated rings. The SMILES string of the molecule is Cc1cc(/C=C2/SC(=Nc3ccc(F)cc3)NC2=O)c(C)n1-c1cccc(Br)c1. The Balaban J connectivity index is 1.64. The fourth-order valence-electron chi connectivity index (χ4n) is 3.20. The van der Waals surface area contributed by atoms with Crippen LogP contribution in [0.4, 0.5) is 10.1 Å². The molecule has 0 spiro atoms. The molecule has 146 valence electrons. The van der Waals surface area contributed by atoms with Crippen LogP contribution in [-0.2, 0) is 4.79 Å². The first-order chi connectivity index (χ1) is 13.9. The molecule has 4 rings (SSSR count). The predicted octanol–water partition coefficient (Wildman–Crippen LogP) is 5.89. The van der Waals surface area contributed by atoms with Gasteiger partial charge in [0, 0.05) is 21.5 Å². The monoisotopic (exact) mass is 469 g/mol. The maximum absolute atomic E-state index is 13.0. The van der Waals surface area contributed by atoms with Crippen molar-refractivity contribution in [3.8, 4) is 5.69 Å². The number of aliphatic imine (C=N–C) groups is 1. The van der Waals surface area contributed by atoms with E-state index in [9.17, 15) is 9.18 Å². The highest BCUT2D eigenvalue weighted by Crippen LogP contribution is 2.31. The van der Waals surface area contributed by atoms with Crippen LogP contribution in [0.15, 0.2) is 69.0 Å². The lowest BCUT2D eigenvalue weighted by Gasteiger charge is -2.10. The third-order valence-corrected chi connectivity index (χ3v) is 5.93. The van der Waals surface area contributed by atoms with E-state index in [-0.39, 0.29) is 11.7 Å². The highest BCUT2D eigenvalue weighted by Gasteiger charge is 2.24. The third kappa shape index (κ3) is 4.21. The summed E-state index contributed by atoms with van der Waals surface area (Å²) >= 11 is 4.79. The van der Waals surface area contributed by atoms with Crippen LogP contribution in [-0.4, -0.2) is 15.6 Å². The van der Waals surface area contributed by atoms with Crippen molar-refractivity contribution >= 4 is 50.5 Å². The number of amides is 1. The summed E-state index contributed by atoms with van der Waals surface area (Å²) in [6.07, 6.45) is 1.88. The predicted molar refractivity (Wildman–Crippen MR) is 120 cm³/mol. The molecule has 0 saturated carbocycles. The summed E-state index contributed by atoms with van der Waals surface area (Å²) in [4.78, 5) is 17.3. The van der Waals surface area contributed by atoms with Crippen LogP contribution >= 0.6 is 27.7 Å². The van der Waals surface area contributed by atoms with Gasteiger partial charge in [0.15, 0.2) is 5.17 Å². The lowest BCUT2D eigenvalue weighted by molar-refractivity contribution is -0.115. The lowest BCUT2D eigenvalue weighted by atomic mass is 10.2. The molecule has 2 aromatic carbocycles. The van der Waals surface area contributed by atoms with Gasteiger partial charge in [0.2, 0.25) is 0 Å². The second-order valence-corrected chi connectivity index (χ2v) is 8.55. The highest BCUT2D eigenvalue weighted by molar-refractivity contribution is 9.10. The minimum atomic E-state index is -0.321. The number of aryl methyl sites for hydroxylation is 1. The summed E-state index contributed by atoms with van der Waals surface area (Å²) in [5.41, 5.74) is 4.74.